The maximum absolute atomic E-state index is 12.0. The Bertz CT molecular complexity index is 525. The van der Waals surface area contributed by atoms with Crippen LogP contribution in [0.2, 0.25) is 0 Å². The summed E-state index contributed by atoms with van der Waals surface area (Å²) in [4.78, 5) is 22.6. The van der Waals surface area contributed by atoms with Crippen molar-refractivity contribution in [2.75, 3.05) is 33.9 Å². The van der Waals surface area contributed by atoms with E-state index in [0.717, 1.165) is 0 Å². The fourth-order valence-electron chi connectivity index (χ4n) is 1.71. The van der Waals surface area contributed by atoms with Gasteiger partial charge in [-0.05, 0) is 14.0 Å². The van der Waals surface area contributed by atoms with E-state index < -0.39 is 10.8 Å². The van der Waals surface area contributed by atoms with Crippen LogP contribution in [0.1, 0.15) is 17.3 Å². The second-order valence-electron chi connectivity index (χ2n) is 4.07. The minimum Gasteiger partial charge on any atom is -0.493 e. The zero-order valence-corrected chi connectivity index (χ0v) is 13.5. The first-order valence-corrected chi connectivity index (χ1v) is 6.47. The van der Waals surface area contributed by atoms with Crippen molar-refractivity contribution >= 4 is 24.0 Å². The number of carbonyl (C=O) groups is 1. The Morgan fingerprint density at radius 1 is 1.32 bits per heavy atom. The van der Waals surface area contributed by atoms with Crippen LogP contribution in [-0.4, -0.2) is 44.7 Å². The molecule has 0 radical (unpaired) electrons. The minimum atomic E-state index is -0.616. The van der Waals surface area contributed by atoms with Crippen LogP contribution >= 0.6 is 12.4 Å². The molecule has 9 heteroatoms. The number of likely N-dealkylation sites (N-methyl/N-ethyl adjacent to an activating group) is 1. The monoisotopic (exact) mass is 333 g/mol. The van der Waals surface area contributed by atoms with Crippen LogP contribution in [0.25, 0.3) is 0 Å². The van der Waals surface area contributed by atoms with Crippen molar-refractivity contribution in [3.63, 3.8) is 0 Å². The standard InChI is InChI=1S/C13H19N3O5.ClH/c1-4-21-12-8-10(16(18)19)9(7-11(12)20-3)13(17)15-6-5-14-2;/h7-8,14H,4-6H2,1-3H3,(H,15,17);1H. The lowest BCUT2D eigenvalue weighted by molar-refractivity contribution is -0.385. The topological polar surface area (TPSA) is 103 Å². The van der Waals surface area contributed by atoms with E-state index in [1.807, 2.05) is 0 Å². The summed E-state index contributed by atoms with van der Waals surface area (Å²) < 4.78 is 10.4. The van der Waals surface area contributed by atoms with Crippen molar-refractivity contribution in [3.8, 4) is 11.5 Å². The third kappa shape index (κ3) is 5.05. The summed E-state index contributed by atoms with van der Waals surface area (Å²) in [5.41, 5.74) is -0.377. The van der Waals surface area contributed by atoms with Crippen molar-refractivity contribution < 1.29 is 19.2 Å². The predicted octanol–water partition coefficient (Wildman–Crippen LogP) is 1.37. The van der Waals surface area contributed by atoms with Crippen LogP contribution in [0.3, 0.4) is 0 Å². The molecule has 0 spiro atoms. The van der Waals surface area contributed by atoms with Gasteiger partial charge in [0.1, 0.15) is 5.56 Å². The van der Waals surface area contributed by atoms with Gasteiger partial charge >= 0.3 is 0 Å². The quantitative estimate of drug-likeness (QED) is 0.423. The van der Waals surface area contributed by atoms with Gasteiger partial charge in [0.05, 0.1) is 24.7 Å². The molecule has 0 saturated carbocycles. The molecule has 0 unspecified atom stereocenters. The molecule has 1 aromatic rings. The average molecular weight is 334 g/mol. The average Bonchev–Trinajstić information content (AvgIpc) is 2.47. The van der Waals surface area contributed by atoms with Crippen molar-refractivity contribution in [1.29, 1.82) is 0 Å². The fraction of sp³-hybridized carbons (Fsp3) is 0.462. The summed E-state index contributed by atoms with van der Waals surface area (Å²) in [6.07, 6.45) is 0. The fourth-order valence-corrected chi connectivity index (χ4v) is 1.71. The van der Waals surface area contributed by atoms with Gasteiger partial charge < -0.3 is 20.1 Å². The Morgan fingerprint density at radius 3 is 2.50 bits per heavy atom. The van der Waals surface area contributed by atoms with Crippen LogP contribution < -0.4 is 20.1 Å². The Balaban J connectivity index is 0.00000441. The number of methoxy groups -OCH3 is 1. The van der Waals surface area contributed by atoms with Gasteiger partial charge in [-0.3, -0.25) is 14.9 Å². The highest BCUT2D eigenvalue weighted by atomic mass is 35.5. The Kier molecular flexibility index (Phi) is 8.88. The SMILES string of the molecule is CCOc1cc([N+](=O)[O-])c(C(=O)NCCNC)cc1OC.Cl. The number of hydrogen-bond acceptors (Lipinski definition) is 6. The summed E-state index contributed by atoms with van der Waals surface area (Å²) in [5.74, 6) is -0.0158. The van der Waals surface area contributed by atoms with Crippen molar-refractivity contribution in [2.24, 2.45) is 0 Å². The molecule has 0 fully saturated rings. The van der Waals surface area contributed by atoms with Gasteiger partial charge in [-0.15, -0.1) is 12.4 Å². The van der Waals surface area contributed by atoms with Gasteiger partial charge in [-0.25, -0.2) is 0 Å². The second-order valence-corrected chi connectivity index (χ2v) is 4.07. The first-order valence-electron chi connectivity index (χ1n) is 6.47. The number of ether oxygens (including phenoxy) is 2. The number of rotatable bonds is 8. The second kappa shape index (κ2) is 9.80. The number of nitro benzene ring substituents is 1. The Labute approximate surface area is 134 Å². The van der Waals surface area contributed by atoms with E-state index in [1.54, 1.807) is 14.0 Å². The summed E-state index contributed by atoms with van der Waals surface area (Å²) in [6.45, 7) is 3.01. The molecule has 0 aliphatic rings. The molecule has 0 saturated heterocycles. The summed E-state index contributed by atoms with van der Waals surface area (Å²) in [6, 6.07) is 2.52. The highest BCUT2D eigenvalue weighted by Gasteiger charge is 2.24. The predicted molar refractivity (Wildman–Crippen MR) is 84.3 cm³/mol. The molecule has 2 N–H and O–H groups in total. The molecule has 1 aromatic carbocycles. The highest BCUT2D eigenvalue weighted by molar-refractivity contribution is 5.99. The normalized spacial score (nSPS) is 9.59. The molecule has 8 nitrogen and oxygen atoms in total. The molecule has 124 valence electrons. The highest BCUT2D eigenvalue weighted by Crippen LogP contribution is 2.34. The lowest BCUT2D eigenvalue weighted by atomic mass is 10.1. The molecule has 0 atom stereocenters. The van der Waals surface area contributed by atoms with E-state index in [2.05, 4.69) is 10.6 Å². The van der Waals surface area contributed by atoms with Crippen LogP contribution in [0.15, 0.2) is 12.1 Å². The zero-order chi connectivity index (χ0) is 15.8. The molecule has 1 rings (SSSR count). The summed E-state index contributed by atoms with van der Waals surface area (Å²) >= 11 is 0. The summed E-state index contributed by atoms with van der Waals surface area (Å²) in [5, 5.41) is 16.6. The zero-order valence-electron chi connectivity index (χ0n) is 12.7. The molecule has 0 aromatic heterocycles. The molecule has 0 heterocycles. The molecule has 0 aliphatic carbocycles. The largest absolute Gasteiger partial charge is 0.493 e. The van der Waals surface area contributed by atoms with E-state index in [0.29, 0.717) is 19.7 Å². The third-order valence-corrected chi connectivity index (χ3v) is 2.68. The van der Waals surface area contributed by atoms with Crippen LogP contribution in [0.5, 0.6) is 11.5 Å². The lowest BCUT2D eigenvalue weighted by Crippen LogP contribution is -2.30. The van der Waals surface area contributed by atoms with E-state index in [4.69, 9.17) is 9.47 Å². The molecule has 0 aliphatic heterocycles. The molecular weight excluding hydrogens is 314 g/mol. The van der Waals surface area contributed by atoms with Crippen molar-refractivity contribution in [1.82, 2.24) is 10.6 Å². The summed E-state index contributed by atoms with van der Waals surface area (Å²) in [7, 11) is 3.15. The Hall–Kier alpha value is -2.06. The number of amides is 1. The lowest BCUT2D eigenvalue weighted by Gasteiger charge is -2.12. The number of nitrogens with one attached hydrogen (secondary N) is 2. The number of halogens is 1. The number of nitro groups is 1. The van der Waals surface area contributed by atoms with E-state index in [9.17, 15) is 14.9 Å². The van der Waals surface area contributed by atoms with Gasteiger partial charge in [-0.2, -0.15) is 0 Å². The number of nitrogens with zero attached hydrogens (tertiary/aromatic N) is 1. The smallest absolute Gasteiger partial charge is 0.286 e. The molecule has 0 bridgehead atoms. The maximum atomic E-state index is 12.0. The van der Waals surface area contributed by atoms with E-state index in [1.165, 1.54) is 19.2 Å². The third-order valence-electron chi connectivity index (χ3n) is 2.68. The maximum Gasteiger partial charge on any atom is 0.286 e. The molecular formula is C13H20ClN3O5. The molecule has 1 amide bonds. The van der Waals surface area contributed by atoms with E-state index >= 15 is 0 Å². The van der Waals surface area contributed by atoms with Crippen LogP contribution in [0.4, 0.5) is 5.69 Å². The Morgan fingerprint density at radius 2 is 2.00 bits per heavy atom. The van der Waals surface area contributed by atoms with Gasteiger partial charge in [0, 0.05) is 19.2 Å². The molecule has 22 heavy (non-hydrogen) atoms. The number of hydrogen-bond donors (Lipinski definition) is 2. The van der Waals surface area contributed by atoms with Crippen LogP contribution in [0, 0.1) is 10.1 Å². The minimum absolute atomic E-state index is 0. The van der Waals surface area contributed by atoms with Gasteiger partial charge in [-0.1, -0.05) is 0 Å². The first kappa shape index (κ1) is 19.9. The van der Waals surface area contributed by atoms with Gasteiger partial charge in [0.25, 0.3) is 11.6 Å². The van der Waals surface area contributed by atoms with Gasteiger partial charge in [0.2, 0.25) is 0 Å². The van der Waals surface area contributed by atoms with Crippen LogP contribution in [-0.2, 0) is 0 Å². The van der Waals surface area contributed by atoms with Crippen molar-refractivity contribution in [3.05, 3.63) is 27.8 Å². The number of carbonyl (C=O) groups excluding carboxylic acids is 1. The first-order chi connectivity index (χ1) is 10.0. The van der Waals surface area contributed by atoms with Crippen molar-refractivity contribution in [2.45, 2.75) is 6.92 Å². The van der Waals surface area contributed by atoms with E-state index in [-0.39, 0.29) is 35.2 Å². The number of benzene rings is 1. The van der Waals surface area contributed by atoms with Gasteiger partial charge in [0.15, 0.2) is 11.5 Å².